The Morgan fingerprint density at radius 3 is 2.68 bits per heavy atom. The summed E-state index contributed by atoms with van der Waals surface area (Å²) in [4.78, 5) is 42.1. The number of methoxy groups -OCH3 is 1. The SMILES string of the molecule is CCCNC(=O)CCc1nc2ccccc2n(CC(=O)Nc2cccc(OC)c2)c1=O. The molecule has 1 heterocycles. The molecular weight excluding hydrogens is 396 g/mol. The first-order chi connectivity index (χ1) is 15.0. The first-order valence-corrected chi connectivity index (χ1v) is 10.2. The Hall–Kier alpha value is -3.68. The third-order valence-corrected chi connectivity index (χ3v) is 4.74. The number of nitrogens with one attached hydrogen (secondary N) is 2. The summed E-state index contributed by atoms with van der Waals surface area (Å²) in [6.45, 7) is 2.40. The van der Waals surface area contributed by atoms with Crippen molar-refractivity contribution in [3.05, 3.63) is 64.6 Å². The molecule has 0 saturated heterocycles. The van der Waals surface area contributed by atoms with Crippen molar-refractivity contribution in [3.63, 3.8) is 0 Å². The molecule has 8 nitrogen and oxygen atoms in total. The number of benzene rings is 2. The largest absolute Gasteiger partial charge is 0.497 e. The number of anilines is 1. The first-order valence-electron chi connectivity index (χ1n) is 10.2. The van der Waals surface area contributed by atoms with Crippen LogP contribution in [0.1, 0.15) is 25.5 Å². The number of para-hydroxylation sites is 2. The van der Waals surface area contributed by atoms with Crippen LogP contribution >= 0.6 is 0 Å². The number of hydrogen-bond donors (Lipinski definition) is 2. The molecule has 0 saturated carbocycles. The maximum atomic E-state index is 13.1. The summed E-state index contributed by atoms with van der Waals surface area (Å²) in [5.41, 5.74) is 1.62. The molecule has 0 bridgehead atoms. The zero-order chi connectivity index (χ0) is 22.2. The van der Waals surface area contributed by atoms with E-state index in [0.717, 1.165) is 6.42 Å². The maximum Gasteiger partial charge on any atom is 0.273 e. The van der Waals surface area contributed by atoms with E-state index in [1.165, 1.54) is 4.57 Å². The number of carbonyl (C=O) groups is 2. The minimum Gasteiger partial charge on any atom is -0.497 e. The van der Waals surface area contributed by atoms with Crippen LogP contribution in [-0.4, -0.2) is 35.0 Å². The van der Waals surface area contributed by atoms with Gasteiger partial charge in [-0.2, -0.15) is 0 Å². The van der Waals surface area contributed by atoms with Gasteiger partial charge in [0.05, 0.1) is 18.1 Å². The standard InChI is InChI=1S/C23H26N4O4/c1-3-13-24-21(28)12-11-19-23(30)27(20-10-5-4-9-18(20)26-19)15-22(29)25-16-7-6-8-17(14-16)31-2/h4-10,14H,3,11-13,15H2,1-2H3,(H,24,28)(H,25,29). The Bertz CT molecular complexity index is 1140. The van der Waals surface area contributed by atoms with E-state index in [1.807, 2.05) is 13.0 Å². The fourth-order valence-corrected chi connectivity index (χ4v) is 3.19. The van der Waals surface area contributed by atoms with Crippen molar-refractivity contribution in [1.29, 1.82) is 0 Å². The summed E-state index contributed by atoms with van der Waals surface area (Å²) in [6.07, 6.45) is 1.21. The van der Waals surface area contributed by atoms with E-state index >= 15 is 0 Å². The summed E-state index contributed by atoms with van der Waals surface area (Å²) in [5.74, 6) is 0.143. The molecule has 2 aromatic carbocycles. The van der Waals surface area contributed by atoms with Gasteiger partial charge in [-0.05, 0) is 30.7 Å². The molecule has 0 fully saturated rings. The van der Waals surface area contributed by atoms with E-state index in [9.17, 15) is 14.4 Å². The molecule has 162 valence electrons. The molecule has 0 radical (unpaired) electrons. The van der Waals surface area contributed by atoms with Crippen LogP contribution in [0.25, 0.3) is 11.0 Å². The van der Waals surface area contributed by atoms with Crippen molar-refractivity contribution < 1.29 is 14.3 Å². The Labute approximate surface area is 180 Å². The second-order valence-electron chi connectivity index (χ2n) is 7.07. The number of rotatable bonds is 9. The Balaban J connectivity index is 1.84. The van der Waals surface area contributed by atoms with Crippen LogP contribution < -0.4 is 20.9 Å². The second kappa shape index (κ2) is 10.4. The van der Waals surface area contributed by atoms with Gasteiger partial charge in [-0.3, -0.25) is 19.0 Å². The molecule has 0 unspecified atom stereocenters. The lowest BCUT2D eigenvalue weighted by atomic mass is 10.2. The van der Waals surface area contributed by atoms with Crippen LogP contribution in [0.5, 0.6) is 5.75 Å². The lowest BCUT2D eigenvalue weighted by molar-refractivity contribution is -0.121. The number of aryl methyl sites for hydroxylation is 1. The highest BCUT2D eigenvalue weighted by Crippen LogP contribution is 2.17. The van der Waals surface area contributed by atoms with Gasteiger partial charge in [0.25, 0.3) is 5.56 Å². The van der Waals surface area contributed by atoms with Crippen molar-refractivity contribution in [1.82, 2.24) is 14.9 Å². The summed E-state index contributed by atoms with van der Waals surface area (Å²) < 4.78 is 6.57. The van der Waals surface area contributed by atoms with Gasteiger partial charge >= 0.3 is 0 Å². The van der Waals surface area contributed by atoms with E-state index in [1.54, 1.807) is 49.6 Å². The third kappa shape index (κ3) is 5.69. The van der Waals surface area contributed by atoms with Crippen LogP contribution in [0.2, 0.25) is 0 Å². The molecule has 0 aliphatic carbocycles. The maximum absolute atomic E-state index is 13.1. The smallest absolute Gasteiger partial charge is 0.273 e. The van der Waals surface area contributed by atoms with Crippen LogP contribution in [0.3, 0.4) is 0 Å². The van der Waals surface area contributed by atoms with Crippen molar-refractivity contribution in [2.24, 2.45) is 0 Å². The Kier molecular flexibility index (Phi) is 7.37. The van der Waals surface area contributed by atoms with E-state index in [2.05, 4.69) is 15.6 Å². The fourth-order valence-electron chi connectivity index (χ4n) is 3.19. The van der Waals surface area contributed by atoms with Crippen LogP contribution in [0.4, 0.5) is 5.69 Å². The number of carbonyl (C=O) groups excluding carboxylic acids is 2. The molecule has 1 aromatic heterocycles. The van der Waals surface area contributed by atoms with Crippen LogP contribution in [0.15, 0.2) is 53.3 Å². The molecule has 2 amide bonds. The third-order valence-electron chi connectivity index (χ3n) is 4.74. The van der Waals surface area contributed by atoms with Crippen molar-refractivity contribution in [2.45, 2.75) is 32.7 Å². The molecule has 0 aliphatic heterocycles. The van der Waals surface area contributed by atoms with E-state index in [4.69, 9.17) is 4.74 Å². The Morgan fingerprint density at radius 2 is 1.90 bits per heavy atom. The summed E-state index contributed by atoms with van der Waals surface area (Å²) in [7, 11) is 1.55. The number of fused-ring (bicyclic) bond motifs is 1. The first kappa shape index (κ1) is 22.0. The zero-order valence-electron chi connectivity index (χ0n) is 17.7. The van der Waals surface area contributed by atoms with Gasteiger partial charge in [-0.25, -0.2) is 4.98 Å². The van der Waals surface area contributed by atoms with Crippen molar-refractivity contribution in [2.75, 3.05) is 19.0 Å². The molecule has 3 rings (SSSR count). The highest BCUT2D eigenvalue weighted by molar-refractivity contribution is 5.91. The lowest BCUT2D eigenvalue weighted by Crippen LogP contribution is -2.32. The second-order valence-corrected chi connectivity index (χ2v) is 7.07. The minimum absolute atomic E-state index is 0.126. The molecule has 8 heteroatoms. The van der Waals surface area contributed by atoms with Gasteiger partial charge < -0.3 is 15.4 Å². The van der Waals surface area contributed by atoms with Crippen molar-refractivity contribution >= 4 is 28.5 Å². The van der Waals surface area contributed by atoms with Gasteiger partial charge in [-0.15, -0.1) is 0 Å². The predicted octanol–water partition coefficient (Wildman–Crippen LogP) is 2.50. The monoisotopic (exact) mass is 422 g/mol. The van der Waals surface area contributed by atoms with E-state index in [0.29, 0.717) is 29.0 Å². The quantitative estimate of drug-likeness (QED) is 0.552. The molecule has 0 spiro atoms. The average molecular weight is 422 g/mol. The fraction of sp³-hybridized carbons (Fsp3) is 0.304. The normalized spacial score (nSPS) is 10.6. The number of ether oxygens (including phenoxy) is 1. The number of amides is 2. The minimum atomic E-state index is -0.372. The van der Waals surface area contributed by atoms with Gasteiger partial charge in [0.1, 0.15) is 18.0 Å². The van der Waals surface area contributed by atoms with Crippen LogP contribution in [-0.2, 0) is 22.6 Å². The predicted molar refractivity (Wildman–Crippen MR) is 119 cm³/mol. The topological polar surface area (TPSA) is 102 Å². The molecular formula is C23H26N4O4. The van der Waals surface area contributed by atoms with Crippen LogP contribution in [0, 0.1) is 0 Å². The van der Waals surface area contributed by atoms with Gasteiger partial charge in [0, 0.05) is 31.1 Å². The average Bonchev–Trinajstić information content (AvgIpc) is 2.78. The van der Waals surface area contributed by atoms with E-state index in [-0.39, 0.29) is 42.5 Å². The number of nitrogens with zero attached hydrogens (tertiary/aromatic N) is 2. The van der Waals surface area contributed by atoms with Crippen molar-refractivity contribution in [3.8, 4) is 5.75 Å². The summed E-state index contributed by atoms with van der Waals surface area (Å²) >= 11 is 0. The Morgan fingerprint density at radius 1 is 1.10 bits per heavy atom. The van der Waals surface area contributed by atoms with E-state index < -0.39 is 0 Å². The number of aromatic nitrogens is 2. The number of hydrogen-bond acceptors (Lipinski definition) is 5. The molecule has 0 aliphatic rings. The molecule has 2 N–H and O–H groups in total. The zero-order valence-corrected chi connectivity index (χ0v) is 17.7. The van der Waals surface area contributed by atoms with Gasteiger partial charge in [0.2, 0.25) is 11.8 Å². The summed E-state index contributed by atoms with van der Waals surface area (Å²) in [5, 5.41) is 5.58. The lowest BCUT2D eigenvalue weighted by Gasteiger charge is -2.13. The van der Waals surface area contributed by atoms with Gasteiger partial charge in [-0.1, -0.05) is 25.1 Å². The molecule has 0 atom stereocenters. The molecule has 3 aromatic rings. The summed E-state index contributed by atoms with van der Waals surface area (Å²) in [6, 6.07) is 14.1. The highest BCUT2D eigenvalue weighted by Gasteiger charge is 2.15. The van der Waals surface area contributed by atoms with Gasteiger partial charge in [0.15, 0.2) is 0 Å². The molecule has 31 heavy (non-hydrogen) atoms. The highest BCUT2D eigenvalue weighted by atomic mass is 16.5.